The molecule has 4 heteroatoms. The minimum atomic E-state index is 0.0930. The predicted octanol–water partition coefficient (Wildman–Crippen LogP) is 0.375. The summed E-state index contributed by atoms with van der Waals surface area (Å²) in [7, 11) is 5.60. The molecule has 1 N–H and O–H groups in total. The first-order valence-corrected chi connectivity index (χ1v) is 4.92. The third-order valence-corrected chi connectivity index (χ3v) is 2.42. The van der Waals surface area contributed by atoms with Crippen LogP contribution in [0.1, 0.15) is 0 Å². The standard InChI is InChI=1S/C10H19N3O/c1-11-7-9-5-4-6-12(2)10(14)13(3)8-9/h4-5,9,11H,6-8H2,1-3H3/b5-4+. The molecule has 0 aromatic heterocycles. The second-order valence-corrected chi connectivity index (χ2v) is 3.79. The molecule has 0 radical (unpaired) electrons. The minimum Gasteiger partial charge on any atom is -0.327 e. The van der Waals surface area contributed by atoms with Gasteiger partial charge in [0.2, 0.25) is 0 Å². The molecule has 1 aliphatic heterocycles. The Kier molecular flexibility index (Phi) is 3.95. The van der Waals surface area contributed by atoms with Crippen LogP contribution in [0.15, 0.2) is 12.2 Å². The van der Waals surface area contributed by atoms with Gasteiger partial charge in [-0.2, -0.15) is 0 Å². The van der Waals surface area contributed by atoms with Crippen LogP contribution in [0.25, 0.3) is 0 Å². The lowest BCUT2D eigenvalue weighted by Crippen LogP contribution is -2.43. The van der Waals surface area contributed by atoms with Crippen molar-refractivity contribution in [3.8, 4) is 0 Å². The Balaban J connectivity index is 2.64. The summed E-state index contributed by atoms with van der Waals surface area (Å²) in [5.41, 5.74) is 0. The minimum absolute atomic E-state index is 0.0930. The first kappa shape index (κ1) is 11.0. The van der Waals surface area contributed by atoms with Gasteiger partial charge < -0.3 is 15.1 Å². The Bertz CT molecular complexity index is 227. The van der Waals surface area contributed by atoms with E-state index in [0.29, 0.717) is 12.5 Å². The molecule has 1 rings (SSSR count). The molecule has 1 unspecified atom stereocenters. The largest absolute Gasteiger partial charge is 0.327 e. The van der Waals surface area contributed by atoms with Crippen molar-refractivity contribution in [1.82, 2.24) is 15.1 Å². The van der Waals surface area contributed by atoms with Crippen LogP contribution in [0.2, 0.25) is 0 Å². The number of hydrogen-bond donors (Lipinski definition) is 1. The Labute approximate surface area is 85.6 Å². The molecule has 0 aliphatic carbocycles. The van der Waals surface area contributed by atoms with Gasteiger partial charge in [-0.15, -0.1) is 0 Å². The van der Waals surface area contributed by atoms with Gasteiger partial charge in [-0.05, 0) is 7.05 Å². The molecular formula is C10H19N3O. The van der Waals surface area contributed by atoms with Gasteiger partial charge in [0.1, 0.15) is 0 Å². The molecule has 80 valence electrons. The highest BCUT2D eigenvalue weighted by Gasteiger charge is 2.18. The van der Waals surface area contributed by atoms with Gasteiger partial charge in [-0.25, -0.2) is 4.79 Å². The number of likely N-dealkylation sites (N-methyl/N-ethyl adjacent to an activating group) is 1. The summed E-state index contributed by atoms with van der Waals surface area (Å²) in [5.74, 6) is 0.419. The van der Waals surface area contributed by atoms with Crippen LogP contribution in [-0.4, -0.2) is 56.6 Å². The summed E-state index contributed by atoms with van der Waals surface area (Å²) in [6, 6.07) is 0.0930. The maximum atomic E-state index is 11.6. The fraction of sp³-hybridized carbons (Fsp3) is 0.700. The fourth-order valence-electron chi connectivity index (χ4n) is 1.67. The van der Waals surface area contributed by atoms with Crippen molar-refractivity contribution >= 4 is 6.03 Å². The molecule has 2 amide bonds. The monoisotopic (exact) mass is 197 g/mol. The highest BCUT2D eigenvalue weighted by Crippen LogP contribution is 2.06. The first-order valence-electron chi connectivity index (χ1n) is 4.92. The van der Waals surface area contributed by atoms with Crippen LogP contribution in [0.3, 0.4) is 0 Å². The second kappa shape index (κ2) is 5.00. The molecule has 0 spiro atoms. The summed E-state index contributed by atoms with van der Waals surface area (Å²) in [6.07, 6.45) is 4.24. The van der Waals surface area contributed by atoms with E-state index in [1.54, 1.807) is 9.80 Å². The zero-order valence-electron chi connectivity index (χ0n) is 9.16. The predicted molar refractivity (Wildman–Crippen MR) is 57.2 cm³/mol. The lowest BCUT2D eigenvalue weighted by Gasteiger charge is -2.29. The fourth-order valence-corrected chi connectivity index (χ4v) is 1.67. The number of nitrogens with one attached hydrogen (secondary N) is 1. The van der Waals surface area contributed by atoms with Crippen molar-refractivity contribution in [1.29, 1.82) is 0 Å². The summed E-state index contributed by atoms with van der Waals surface area (Å²) >= 11 is 0. The summed E-state index contributed by atoms with van der Waals surface area (Å²) < 4.78 is 0. The Hall–Kier alpha value is -1.03. The number of hydrogen-bond acceptors (Lipinski definition) is 2. The molecule has 1 aliphatic rings. The average molecular weight is 197 g/mol. The van der Waals surface area contributed by atoms with Crippen molar-refractivity contribution in [3.05, 3.63) is 12.2 Å². The molecular weight excluding hydrogens is 178 g/mol. The van der Waals surface area contributed by atoms with Crippen LogP contribution in [0.5, 0.6) is 0 Å². The molecule has 0 saturated heterocycles. The lowest BCUT2D eigenvalue weighted by molar-refractivity contribution is 0.171. The van der Waals surface area contributed by atoms with Gasteiger partial charge in [-0.3, -0.25) is 0 Å². The molecule has 0 aromatic rings. The zero-order chi connectivity index (χ0) is 10.6. The molecule has 0 fully saturated rings. The van der Waals surface area contributed by atoms with Gasteiger partial charge in [0.15, 0.2) is 0 Å². The third-order valence-electron chi connectivity index (χ3n) is 2.42. The van der Waals surface area contributed by atoms with Crippen molar-refractivity contribution in [2.45, 2.75) is 0 Å². The molecule has 0 bridgehead atoms. The van der Waals surface area contributed by atoms with Crippen LogP contribution in [-0.2, 0) is 0 Å². The number of carbonyl (C=O) groups is 1. The van der Waals surface area contributed by atoms with E-state index in [4.69, 9.17) is 0 Å². The molecule has 4 nitrogen and oxygen atoms in total. The summed E-state index contributed by atoms with van der Waals surface area (Å²) in [5, 5.41) is 3.13. The Morgan fingerprint density at radius 1 is 1.50 bits per heavy atom. The average Bonchev–Trinajstić information content (AvgIpc) is 2.15. The van der Waals surface area contributed by atoms with E-state index >= 15 is 0 Å². The van der Waals surface area contributed by atoms with Crippen molar-refractivity contribution in [2.75, 3.05) is 40.8 Å². The van der Waals surface area contributed by atoms with E-state index in [-0.39, 0.29) is 6.03 Å². The zero-order valence-corrected chi connectivity index (χ0v) is 9.16. The second-order valence-electron chi connectivity index (χ2n) is 3.79. The molecule has 0 aromatic carbocycles. The first-order chi connectivity index (χ1) is 6.65. The molecule has 1 heterocycles. The number of rotatable bonds is 2. The van der Waals surface area contributed by atoms with Crippen molar-refractivity contribution in [3.63, 3.8) is 0 Å². The van der Waals surface area contributed by atoms with Crippen LogP contribution in [0, 0.1) is 5.92 Å². The lowest BCUT2D eigenvalue weighted by atomic mass is 10.1. The number of amides is 2. The number of nitrogens with zero attached hydrogens (tertiary/aromatic N) is 2. The highest BCUT2D eigenvalue weighted by molar-refractivity contribution is 5.74. The summed E-state index contributed by atoms with van der Waals surface area (Å²) in [4.78, 5) is 15.1. The van der Waals surface area contributed by atoms with E-state index in [0.717, 1.165) is 13.1 Å². The van der Waals surface area contributed by atoms with E-state index in [9.17, 15) is 4.79 Å². The quantitative estimate of drug-likeness (QED) is 0.649. The molecule has 1 atom stereocenters. The van der Waals surface area contributed by atoms with Gasteiger partial charge in [0.25, 0.3) is 0 Å². The third kappa shape index (κ3) is 2.73. The maximum absolute atomic E-state index is 11.6. The molecule has 0 saturated carbocycles. The Morgan fingerprint density at radius 2 is 2.21 bits per heavy atom. The van der Waals surface area contributed by atoms with Crippen molar-refractivity contribution in [2.24, 2.45) is 5.92 Å². The van der Waals surface area contributed by atoms with Crippen LogP contribution in [0.4, 0.5) is 4.79 Å². The van der Waals surface area contributed by atoms with E-state index in [2.05, 4.69) is 17.5 Å². The molecule has 14 heavy (non-hydrogen) atoms. The van der Waals surface area contributed by atoms with E-state index in [1.807, 2.05) is 21.1 Å². The van der Waals surface area contributed by atoms with E-state index in [1.165, 1.54) is 0 Å². The normalized spacial score (nSPS) is 25.9. The van der Waals surface area contributed by atoms with E-state index < -0.39 is 0 Å². The number of carbonyl (C=O) groups excluding carboxylic acids is 1. The topological polar surface area (TPSA) is 35.6 Å². The maximum Gasteiger partial charge on any atom is 0.319 e. The Morgan fingerprint density at radius 3 is 2.86 bits per heavy atom. The smallest absolute Gasteiger partial charge is 0.319 e. The highest BCUT2D eigenvalue weighted by atomic mass is 16.2. The van der Waals surface area contributed by atoms with Crippen LogP contribution < -0.4 is 5.32 Å². The summed E-state index contributed by atoms with van der Waals surface area (Å²) in [6.45, 7) is 2.39. The van der Waals surface area contributed by atoms with Gasteiger partial charge >= 0.3 is 6.03 Å². The SMILES string of the molecule is CNCC1/C=C/CN(C)C(=O)N(C)C1. The van der Waals surface area contributed by atoms with Crippen molar-refractivity contribution < 1.29 is 4.79 Å². The van der Waals surface area contributed by atoms with Crippen LogP contribution >= 0.6 is 0 Å². The number of urea groups is 1. The van der Waals surface area contributed by atoms with Gasteiger partial charge in [-0.1, -0.05) is 12.2 Å². The van der Waals surface area contributed by atoms with Gasteiger partial charge in [0, 0.05) is 39.6 Å². The van der Waals surface area contributed by atoms with Gasteiger partial charge in [0.05, 0.1) is 0 Å².